The first kappa shape index (κ1) is 15.8. The molecule has 1 aromatic heterocycles. The molecule has 8 heteroatoms. The van der Waals surface area contributed by atoms with Crippen LogP contribution in [0.15, 0.2) is 12.3 Å². The molecule has 0 unspecified atom stereocenters. The molecule has 20 heavy (non-hydrogen) atoms. The molecule has 0 atom stereocenters. The van der Waals surface area contributed by atoms with Gasteiger partial charge in [-0.1, -0.05) is 13.8 Å². The fourth-order valence-corrected chi connectivity index (χ4v) is 1.44. The van der Waals surface area contributed by atoms with Gasteiger partial charge in [0.15, 0.2) is 0 Å². The summed E-state index contributed by atoms with van der Waals surface area (Å²) in [7, 11) is 0. The van der Waals surface area contributed by atoms with E-state index in [4.69, 9.17) is 10.5 Å². The molecule has 0 aliphatic carbocycles. The molecule has 1 heterocycles. The summed E-state index contributed by atoms with van der Waals surface area (Å²) in [5, 5.41) is 13.4. The molecule has 1 rings (SSSR count). The summed E-state index contributed by atoms with van der Waals surface area (Å²) in [6.45, 7) is 5.24. The van der Waals surface area contributed by atoms with E-state index in [-0.39, 0.29) is 23.6 Å². The second kappa shape index (κ2) is 7.39. The Bertz CT molecular complexity index is 490. The zero-order valence-corrected chi connectivity index (χ0v) is 11.5. The third-order valence-corrected chi connectivity index (χ3v) is 2.33. The number of ether oxygens (including phenoxy) is 1. The van der Waals surface area contributed by atoms with E-state index in [0.29, 0.717) is 19.1 Å². The topological polar surface area (TPSA) is 120 Å². The van der Waals surface area contributed by atoms with Crippen LogP contribution in [0.5, 0.6) is 0 Å². The summed E-state index contributed by atoms with van der Waals surface area (Å²) in [5.41, 5.74) is 4.96. The molecule has 0 aliphatic heterocycles. The maximum Gasteiger partial charge on any atom is 0.300 e. The van der Waals surface area contributed by atoms with Crippen LogP contribution in [-0.4, -0.2) is 35.6 Å². The maximum atomic E-state index is 11.9. The van der Waals surface area contributed by atoms with Crippen LogP contribution in [0.3, 0.4) is 0 Å². The van der Waals surface area contributed by atoms with Gasteiger partial charge in [0, 0.05) is 13.2 Å². The second-order valence-corrected chi connectivity index (χ2v) is 4.61. The Labute approximate surface area is 116 Å². The van der Waals surface area contributed by atoms with Crippen LogP contribution in [0.4, 0.5) is 11.5 Å². The summed E-state index contributed by atoms with van der Waals surface area (Å²) < 4.78 is 5.30. The minimum atomic E-state index is -0.670. The predicted octanol–water partition coefficient (Wildman–Crippen LogP) is 0.974. The molecule has 0 saturated heterocycles. The van der Waals surface area contributed by atoms with Crippen LogP contribution in [0.2, 0.25) is 0 Å². The molecule has 0 aromatic carbocycles. The summed E-state index contributed by atoms with van der Waals surface area (Å²) in [6.07, 6.45) is 0.972. The number of carbonyl (C=O) groups is 1. The number of nitrogens with zero attached hydrogens (tertiary/aromatic N) is 2. The molecule has 0 bridgehead atoms. The van der Waals surface area contributed by atoms with Gasteiger partial charge in [-0.3, -0.25) is 14.9 Å². The normalized spacial score (nSPS) is 10.6. The summed E-state index contributed by atoms with van der Waals surface area (Å²) in [4.78, 5) is 25.6. The molecule has 0 saturated carbocycles. The van der Waals surface area contributed by atoms with Crippen LogP contribution in [0.25, 0.3) is 0 Å². The van der Waals surface area contributed by atoms with Gasteiger partial charge in [0.25, 0.3) is 11.6 Å². The molecular weight excluding hydrogens is 264 g/mol. The van der Waals surface area contributed by atoms with Crippen molar-refractivity contribution in [2.75, 3.05) is 25.5 Å². The highest BCUT2D eigenvalue weighted by molar-refractivity contribution is 5.98. The summed E-state index contributed by atoms with van der Waals surface area (Å²) >= 11 is 0. The number of amides is 1. The Balaban J connectivity index is 2.59. The first-order valence-corrected chi connectivity index (χ1v) is 6.17. The van der Waals surface area contributed by atoms with Crippen molar-refractivity contribution in [2.24, 2.45) is 5.92 Å². The number of nitro groups is 1. The van der Waals surface area contributed by atoms with E-state index in [1.54, 1.807) is 0 Å². The number of nitrogens with one attached hydrogen (secondary N) is 1. The third kappa shape index (κ3) is 4.81. The minimum absolute atomic E-state index is 0.0526. The van der Waals surface area contributed by atoms with Gasteiger partial charge in [0.2, 0.25) is 0 Å². The van der Waals surface area contributed by atoms with Crippen molar-refractivity contribution in [2.45, 2.75) is 13.8 Å². The number of rotatable bonds is 7. The first-order valence-electron chi connectivity index (χ1n) is 6.17. The Hall–Kier alpha value is -2.22. The molecular formula is C12H18N4O4. The number of pyridine rings is 1. The molecule has 1 amide bonds. The first-order chi connectivity index (χ1) is 9.41. The SMILES string of the molecule is CC(C)COCCNC(=O)c1cc(N)ncc1[N+](=O)[O-]. The molecule has 0 aliphatic rings. The smallest absolute Gasteiger partial charge is 0.300 e. The highest BCUT2D eigenvalue weighted by Gasteiger charge is 2.20. The predicted molar refractivity (Wildman–Crippen MR) is 73.3 cm³/mol. The van der Waals surface area contributed by atoms with Gasteiger partial charge in [-0.2, -0.15) is 0 Å². The lowest BCUT2D eigenvalue weighted by molar-refractivity contribution is -0.385. The van der Waals surface area contributed by atoms with Crippen molar-refractivity contribution in [3.05, 3.63) is 27.9 Å². The van der Waals surface area contributed by atoms with Gasteiger partial charge in [-0.25, -0.2) is 4.98 Å². The lowest BCUT2D eigenvalue weighted by atomic mass is 10.2. The van der Waals surface area contributed by atoms with Crippen LogP contribution in [-0.2, 0) is 4.74 Å². The number of nitrogen functional groups attached to an aromatic ring is 1. The molecule has 8 nitrogen and oxygen atoms in total. The van der Waals surface area contributed by atoms with Crippen molar-refractivity contribution < 1.29 is 14.5 Å². The fourth-order valence-electron chi connectivity index (χ4n) is 1.44. The zero-order chi connectivity index (χ0) is 15.1. The number of nitrogens with two attached hydrogens (primary N) is 1. The summed E-state index contributed by atoms with van der Waals surface area (Å²) in [5.74, 6) is -0.109. The highest BCUT2D eigenvalue weighted by atomic mass is 16.6. The molecule has 0 spiro atoms. The maximum absolute atomic E-state index is 11.9. The Morgan fingerprint density at radius 2 is 2.30 bits per heavy atom. The van der Waals surface area contributed by atoms with Gasteiger partial charge >= 0.3 is 0 Å². The average molecular weight is 282 g/mol. The minimum Gasteiger partial charge on any atom is -0.384 e. The van der Waals surface area contributed by atoms with Gasteiger partial charge < -0.3 is 15.8 Å². The summed E-state index contributed by atoms with van der Waals surface area (Å²) in [6, 6.07) is 1.18. The number of carbonyl (C=O) groups excluding carboxylic acids is 1. The molecule has 110 valence electrons. The van der Waals surface area contributed by atoms with E-state index in [2.05, 4.69) is 10.3 Å². The van der Waals surface area contributed by atoms with Crippen LogP contribution >= 0.6 is 0 Å². The Morgan fingerprint density at radius 3 is 2.90 bits per heavy atom. The van der Waals surface area contributed by atoms with E-state index in [1.165, 1.54) is 6.07 Å². The van der Waals surface area contributed by atoms with Gasteiger partial charge in [0.1, 0.15) is 17.6 Å². The van der Waals surface area contributed by atoms with E-state index in [1.807, 2.05) is 13.8 Å². The standard InChI is InChI=1S/C12H18N4O4/c1-8(2)7-20-4-3-14-12(17)9-5-11(13)15-6-10(9)16(18)19/h5-6,8H,3-4,7H2,1-2H3,(H2,13,15)(H,14,17). The molecule has 0 radical (unpaired) electrons. The van der Waals surface area contributed by atoms with Crippen molar-refractivity contribution in [1.82, 2.24) is 10.3 Å². The second-order valence-electron chi connectivity index (χ2n) is 4.61. The largest absolute Gasteiger partial charge is 0.384 e. The highest BCUT2D eigenvalue weighted by Crippen LogP contribution is 2.18. The van der Waals surface area contributed by atoms with Crippen LogP contribution in [0.1, 0.15) is 24.2 Å². The number of aromatic nitrogens is 1. The number of hydrogen-bond acceptors (Lipinski definition) is 6. The Morgan fingerprint density at radius 1 is 1.60 bits per heavy atom. The Kier molecular flexibility index (Phi) is 5.85. The number of anilines is 1. The lowest BCUT2D eigenvalue weighted by Gasteiger charge is -2.08. The third-order valence-electron chi connectivity index (χ3n) is 2.33. The molecule has 3 N–H and O–H groups in total. The van der Waals surface area contributed by atoms with E-state index >= 15 is 0 Å². The van der Waals surface area contributed by atoms with E-state index in [0.717, 1.165) is 6.20 Å². The monoisotopic (exact) mass is 282 g/mol. The van der Waals surface area contributed by atoms with Crippen LogP contribution in [0, 0.1) is 16.0 Å². The van der Waals surface area contributed by atoms with Crippen molar-refractivity contribution in [1.29, 1.82) is 0 Å². The fraction of sp³-hybridized carbons (Fsp3) is 0.500. The van der Waals surface area contributed by atoms with Gasteiger partial charge in [0.05, 0.1) is 11.5 Å². The molecule has 1 aromatic rings. The van der Waals surface area contributed by atoms with Crippen molar-refractivity contribution in [3.8, 4) is 0 Å². The average Bonchev–Trinajstić information content (AvgIpc) is 2.37. The molecule has 0 fully saturated rings. The zero-order valence-electron chi connectivity index (χ0n) is 11.5. The quantitative estimate of drug-likeness (QED) is 0.437. The van der Waals surface area contributed by atoms with Crippen LogP contribution < -0.4 is 11.1 Å². The van der Waals surface area contributed by atoms with E-state index < -0.39 is 10.8 Å². The van der Waals surface area contributed by atoms with Crippen molar-refractivity contribution >= 4 is 17.4 Å². The van der Waals surface area contributed by atoms with Crippen molar-refractivity contribution in [3.63, 3.8) is 0 Å². The van der Waals surface area contributed by atoms with Gasteiger partial charge in [-0.05, 0) is 12.0 Å². The lowest BCUT2D eigenvalue weighted by Crippen LogP contribution is -2.28. The van der Waals surface area contributed by atoms with Gasteiger partial charge in [-0.15, -0.1) is 0 Å². The van der Waals surface area contributed by atoms with E-state index in [9.17, 15) is 14.9 Å². The number of hydrogen-bond donors (Lipinski definition) is 2.